The van der Waals surface area contributed by atoms with Crippen LogP contribution < -0.4 is 19.7 Å². The van der Waals surface area contributed by atoms with E-state index in [1.54, 1.807) is 26.4 Å². The van der Waals surface area contributed by atoms with Crippen LogP contribution in [0, 0.1) is 6.92 Å². The summed E-state index contributed by atoms with van der Waals surface area (Å²) in [7, 11) is 4.57. The van der Waals surface area contributed by atoms with Gasteiger partial charge in [0.15, 0.2) is 5.13 Å². The number of carbonyl (C=O) groups excluding carboxylic acids is 2. The second-order valence-corrected chi connectivity index (χ2v) is 14.3. The summed E-state index contributed by atoms with van der Waals surface area (Å²) in [6, 6.07) is 17.2. The minimum atomic E-state index is -0.927. The quantitative estimate of drug-likeness (QED) is 0.0975. The monoisotopic (exact) mass is 703 g/mol. The van der Waals surface area contributed by atoms with Gasteiger partial charge in [-0.3, -0.25) is 10.1 Å². The number of esters is 1. The Bertz CT molecular complexity index is 1810. The third kappa shape index (κ3) is 8.05. The Kier molecular flexibility index (Phi) is 11.9. The molecule has 0 saturated heterocycles. The number of rotatable bonds is 15. The van der Waals surface area contributed by atoms with Crippen molar-refractivity contribution in [2.75, 3.05) is 31.5 Å². The van der Waals surface area contributed by atoms with Crippen LogP contribution in [0.1, 0.15) is 84.3 Å². The molecule has 0 spiro atoms. The van der Waals surface area contributed by atoms with Gasteiger partial charge >= 0.3 is 5.97 Å². The summed E-state index contributed by atoms with van der Waals surface area (Å²) < 4.78 is 16.2. The highest BCUT2D eigenvalue weighted by atomic mass is 35.5. The third-order valence-corrected chi connectivity index (χ3v) is 10.6. The number of hydrogen-bond donors (Lipinski definition) is 1. The maximum atomic E-state index is 14.5. The highest BCUT2D eigenvalue weighted by molar-refractivity contribution is 7.16. The van der Waals surface area contributed by atoms with E-state index in [1.165, 1.54) is 44.1 Å². The van der Waals surface area contributed by atoms with Crippen molar-refractivity contribution in [2.24, 2.45) is 0 Å². The predicted octanol–water partition coefficient (Wildman–Crippen LogP) is 9.44. The van der Waals surface area contributed by atoms with Gasteiger partial charge in [0.25, 0.3) is 5.91 Å². The molecule has 1 amide bonds. The van der Waals surface area contributed by atoms with Crippen LogP contribution in [-0.2, 0) is 28.9 Å². The van der Waals surface area contributed by atoms with Crippen LogP contribution in [0.5, 0.6) is 11.5 Å². The minimum absolute atomic E-state index is 0.155. The van der Waals surface area contributed by atoms with Crippen molar-refractivity contribution in [3.8, 4) is 22.8 Å². The van der Waals surface area contributed by atoms with Crippen LogP contribution in [0.15, 0.2) is 54.6 Å². The zero-order valence-corrected chi connectivity index (χ0v) is 30.9. The first kappa shape index (κ1) is 36.2. The Morgan fingerprint density at radius 1 is 0.980 bits per heavy atom. The standard InChI is InChI=1S/C39H46ClN3O5S/c1-7-8-9-10-11-12-16-34-35(29-21-33(47-5)30(40)22-32(29)46-4)41-38(49-34)42-37(45)39(3)23-28-19-25(2)17-18-31(28)43(39)24-26-14-13-15-27(20-26)36(44)48-6/h13-15,17-22H,7-12,16,23-24H2,1-6H3,(H,41,42,45). The minimum Gasteiger partial charge on any atom is -0.496 e. The summed E-state index contributed by atoms with van der Waals surface area (Å²) in [4.78, 5) is 35.0. The summed E-state index contributed by atoms with van der Waals surface area (Å²) >= 11 is 7.96. The molecule has 0 bridgehead atoms. The number of halogens is 1. The Morgan fingerprint density at radius 2 is 1.73 bits per heavy atom. The number of nitrogens with one attached hydrogen (secondary N) is 1. The molecule has 0 fully saturated rings. The van der Waals surface area contributed by atoms with Gasteiger partial charge in [0, 0.05) is 35.2 Å². The molecule has 3 aromatic carbocycles. The van der Waals surface area contributed by atoms with Crippen LogP contribution in [0.3, 0.4) is 0 Å². The number of hydrogen-bond acceptors (Lipinski definition) is 8. The van der Waals surface area contributed by atoms with Crippen LogP contribution in [0.2, 0.25) is 5.02 Å². The normalized spacial score (nSPS) is 15.2. The second-order valence-electron chi connectivity index (χ2n) is 12.8. The first-order valence-corrected chi connectivity index (χ1v) is 18.1. The highest BCUT2D eigenvalue weighted by Gasteiger charge is 2.46. The molecule has 1 aliphatic rings. The smallest absolute Gasteiger partial charge is 0.337 e. The molecule has 10 heteroatoms. The average Bonchev–Trinajstić information content (AvgIpc) is 3.62. The van der Waals surface area contributed by atoms with E-state index in [4.69, 9.17) is 30.8 Å². The largest absolute Gasteiger partial charge is 0.496 e. The molecule has 260 valence electrons. The molecule has 1 atom stereocenters. The van der Waals surface area contributed by atoms with Crippen LogP contribution in [-0.4, -0.2) is 43.7 Å². The van der Waals surface area contributed by atoms with Gasteiger partial charge in [-0.15, -0.1) is 11.3 Å². The number of aromatic nitrogens is 1. The van der Waals surface area contributed by atoms with E-state index in [0.29, 0.717) is 40.2 Å². The van der Waals surface area contributed by atoms with Crippen molar-refractivity contribution < 1.29 is 23.8 Å². The first-order valence-electron chi connectivity index (χ1n) is 16.9. The Balaban J connectivity index is 1.47. The van der Waals surface area contributed by atoms with E-state index < -0.39 is 11.5 Å². The number of anilines is 2. The molecule has 1 unspecified atom stereocenters. The van der Waals surface area contributed by atoms with Crippen LogP contribution >= 0.6 is 22.9 Å². The Morgan fingerprint density at radius 3 is 2.47 bits per heavy atom. The van der Waals surface area contributed by atoms with Gasteiger partial charge in [-0.05, 0) is 62.1 Å². The molecule has 8 nitrogen and oxygen atoms in total. The number of nitrogens with zero attached hydrogens (tertiary/aromatic N) is 2. The average molecular weight is 704 g/mol. The number of carbonyl (C=O) groups is 2. The molecular weight excluding hydrogens is 658 g/mol. The van der Waals surface area contributed by atoms with Crippen LogP contribution in [0.4, 0.5) is 10.8 Å². The summed E-state index contributed by atoms with van der Waals surface area (Å²) in [5.74, 6) is 0.565. The fourth-order valence-corrected chi connectivity index (χ4v) is 7.78. The zero-order chi connectivity index (χ0) is 35.1. The summed E-state index contributed by atoms with van der Waals surface area (Å²) in [6.07, 6.45) is 8.39. The molecule has 0 saturated carbocycles. The molecule has 4 aromatic rings. The lowest BCUT2D eigenvalue weighted by Crippen LogP contribution is -2.53. The van der Waals surface area contributed by atoms with E-state index in [9.17, 15) is 9.59 Å². The lowest BCUT2D eigenvalue weighted by Gasteiger charge is -2.36. The lowest BCUT2D eigenvalue weighted by molar-refractivity contribution is -0.120. The van der Waals surface area contributed by atoms with E-state index in [2.05, 4.69) is 42.3 Å². The van der Waals surface area contributed by atoms with E-state index in [0.717, 1.165) is 57.8 Å². The lowest BCUT2D eigenvalue weighted by atomic mass is 9.94. The van der Waals surface area contributed by atoms with Gasteiger partial charge in [0.2, 0.25) is 0 Å². The molecule has 0 aliphatic carbocycles. The number of methoxy groups -OCH3 is 3. The van der Waals surface area contributed by atoms with Crippen molar-refractivity contribution in [3.63, 3.8) is 0 Å². The SMILES string of the molecule is CCCCCCCCc1sc(NC(=O)C2(C)Cc3cc(C)ccc3N2Cc2cccc(C(=O)OC)c2)nc1-c1cc(OC)c(Cl)cc1OC. The number of ether oxygens (including phenoxy) is 3. The molecule has 1 aromatic heterocycles. The van der Waals surface area contributed by atoms with Gasteiger partial charge in [-0.25, -0.2) is 9.78 Å². The Hall–Kier alpha value is -4.08. The maximum absolute atomic E-state index is 14.5. The van der Waals surface area contributed by atoms with Crippen molar-refractivity contribution in [1.29, 1.82) is 0 Å². The Labute approximate surface area is 298 Å². The van der Waals surface area contributed by atoms with Crippen molar-refractivity contribution >= 4 is 45.6 Å². The molecule has 5 rings (SSSR count). The maximum Gasteiger partial charge on any atom is 0.337 e. The number of benzene rings is 3. The summed E-state index contributed by atoms with van der Waals surface area (Å²) in [6.45, 7) is 6.68. The fourth-order valence-electron chi connectivity index (χ4n) is 6.54. The fraction of sp³-hybridized carbons (Fsp3) is 0.410. The van der Waals surface area contributed by atoms with Crippen molar-refractivity contribution in [2.45, 2.75) is 84.2 Å². The second kappa shape index (κ2) is 16.1. The third-order valence-electron chi connectivity index (χ3n) is 9.24. The van der Waals surface area contributed by atoms with Crippen LogP contribution in [0.25, 0.3) is 11.3 Å². The van der Waals surface area contributed by atoms with Crippen molar-refractivity contribution in [1.82, 2.24) is 4.98 Å². The molecule has 1 N–H and O–H groups in total. The summed E-state index contributed by atoms with van der Waals surface area (Å²) in [5, 5.41) is 4.18. The van der Waals surface area contributed by atoms with E-state index in [-0.39, 0.29) is 5.91 Å². The molecule has 0 radical (unpaired) electrons. The van der Waals surface area contributed by atoms with E-state index >= 15 is 0 Å². The molecule has 2 heterocycles. The van der Waals surface area contributed by atoms with E-state index in [1.807, 2.05) is 31.2 Å². The topological polar surface area (TPSA) is 90.0 Å². The molecule has 49 heavy (non-hydrogen) atoms. The number of amides is 1. The predicted molar refractivity (Wildman–Crippen MR) is 199 cm³/mol. The highest BCUT2D eigenvalue weighted by Crippen LogP contribution is 2.44. The summed E-state index contributed by atoms with van der Waals surface area (Å²) in [5.41, 5.74) is 5.19. The number of thiazole rings is 1. The number of aryl methyl sites for hydroxylation is 2. The number of fused-ring (bicyclic) bond motifs is 1. The zero-order valence-electron chi connectivity index (χ0n) is 29.3. The first-order chi connectivity index (χ1) is 23.6. The van der Waals surface area contributed by atoms with Gasteiger partial charge in [0.05, 0.1) is 37.6 Å². The molecule has 1 aliphatic heterocycles. The molecular formula is C39H46ClN3O5S. The van der Waals surface area contributed by atoms with Gasteiger partial charge in [-0.1, -0.05) is 80.5 Å². The van der Waals surface area contributed by atoms with Crippen molar-refractivity contribution in [3.05, 3.63) is 86.8 Å². The van der Waals surface area contributed by atoms with Gasteiger partial charge in [-0.2, -0.15) is 0 Å². The number of unbranched alkanes of at least 4 members (excludes halogenated alkanes) is 5. The van der Waals surface area contributed by atoms with Gasteiger partial charge < -0.3 is 19.1 Å². The van der Waals surface area contributed by atoms with Gasteiger partial charge in [0.1, 0.15) is 17.0 Å².